The fourth-order valence-corrected chi connectivity index (χ4v) is 5.49. The van der Waals surface area contributed by atoms with Gasteiger partial charge in [-0.25, -0.2) is 0 Å². The van der Waals surface area contributed by atoms with Crippen LogP contribution < -0.4 is 0 Å². The molecule has 0 heterocycles. The van der Waals surface area contributed by atoms with E-state index in [4.69, 9.17) is 13.6 Å². The van der Waals surface area contributed by atoms with Gasteiger partial charge in [0.05, 0.1) is 24.4 Å². The van der Waals surface area contributed by atoms with Crippen molar-refractivity contribution in [1.82, 2.24) is 0 Å². The number of ether oxygens (including phenoxy) is 1. The lowest BCUT2D eigenvalue weighted by atomic mass is 9.78. The molecule has 0 N–H and O–H groups in total. The van der Waals surface area contributed by atoms with Crippen LogP contribution >= 0.6 is 0 Å². The second kappa shape index (κ2) is 9.18. The van der Waals surface area contributed by atoms with E-state index in [0.717, 1.165) is 5.76 Å². The zero-order chi connectivity index (χ0) is 24.6. The molecular formula is C25H48O4Si2. The maximum atomic E-state index is 12.6. The average molecular weight is 469 g/mol. The average Bonchev–Trinajstić information content (AvgIpc) is 2.72. The highest BCUT2D eigenvalue weighted by atomic mass is 28.4. The van der Waals surface area contributed by atoms with Crippen LogP contribution in [0.2, 0.25) is 36.3 Å². The highest BCUT2D eigenvalue weighted by Crippen LogP contribution is 2.44. The smallest absolute Gasteiger partial charge is 0.312 e. The van der Waals surface area contributed by atoms with Gasteiger partial charge in [-0.3, -0.25) is 4.79 Å². The van der Waals surface area contributed by atoms with Gasteiger partial charge in [-0.1, -0.05) is 60.6 Å². The highest BCUT2D eigenvalue weighted by molar-refractivity contribution is 6.74. The standard InChI is InChI=1S/C25H48O4Si2/c1-18-20(28-30(11,12)23(2,3)4)16-15-19(25(8,9)22(26)27-10)17-21(18)29-31(13,14)24(5,6)7/h15-20H,1-14H3/t18-,19+,20+/m0/s1. The van der Waals surface area contributed by atoms with E-state index in [0.29, 0.717) is 0 Å². The number of hydrogen-bond acceptors (Lipinski definition) is 4. The maximum Gasteiger partial charge on any atom is 0.312 e. The topological polar surface area (TPSA) is 44.8 Å². The van der Waals surface area contributed by atoms with Crippen LogP contribution in [0, 0.1) is 17.3 Å². The number of hydrogen-bond donors (Lipinski definition) is 0. The van der Waals surface area contributed by atoms with Gasteiger partial charge in [0.2, 0.25) is 8.32 Å². The first-order valence-corrected chi connectivity index (χ1v) is 17.3. The molecule has 3 atom stereocenters. The number of rotatable bonds is 6. The quantitative estimate of drug-likeness (QED) is 0.233. The molecule has 1 aliphatic carbocycles. The van der Waals surface area contributed by atoms with Gasteiger partial charge in [0.25, 0.3) is 0 Å². The Morgan fingerprint density at radius 2 is 1.35 bits per heavy atom. The van der Waals surface area contributed by atoms with Crippen molar-refractivity contribution in [3.8, 4) is 0 Å². The Morgan fingerprint density at radius 1 is 0.871 bits per heavy atom. The predicted molar refractivity (Wildman–Crippen MR) is 136 cm³/mol. The SMILES string of the molecule is COC(=O)C(C)(C)[C@@H]1C=C[C@@H](O[Si](C)(C)C(C)(C)C)[C@H](C)C(O[Si](C)(C)C(C)(C)C)=C1. The van der Waals surface area contributed by atoms with E-state index >= 15 is 0 Å². The molecule has 0 bridgehead atoms. The third-order valence-corrected chi connectivity index (χ3v) is 16.6. The Morgan fingerprint density at radius 3 is 1.77 bits per heavy atom. The van der Waals surface area contributed by atoms with Gasteiger partial charge < -0.3 is 13.6 Å². The first-order chi connectivity index (χ1) is 13.7. The summed E-state index contributed by atoms with van der Waals surface area (Å²) in [6, 6.07) is 0. The number of esters is 1. The molecule has 0 amide bonds. The fraction of sp³-hybridized carbons (Fsp3) is 0.800. The van der Waals surface area contributed by atoms with Gasteiger partial charge in [-0.15, -0.1) is 0 Å². The first kappa shape index (κ1) is 28.2. The van der Waals surface area contributed by atoms with Crippen molar-refractivity contribution in [2.75, 3.05) is 7.11 Å². The van der Waals surface area contributed by atoms with Crippen molar-refractivity contribution >= 4 is 22.6 Å². The normalized spacial score (nSPS) is 23.8. The Bertz CT molecular complexity index is 706. The summed E-state index contributed by atoms with van der Waals surface area (Å²) < 4.78 is 18.8. The van der Waals surface area contributed by atoms with Crippen molar-refractivity contribution in [2.45, 2.75) is 105 Å². The molecule has 1 aliphatic rings. The van der Waals surface area contributed by atoms with Crippen LogP contribution in [-0.2, 0) is 18.4 Å². The van der Waals surface area contributed by atoms with Crippen molar-refractivity contribution in [1.29, 1.82) is 0 Å². The van der Waals surface area contributed by atoms with Gasteiger partial charge in [0.15, 0.2) is 8.32 Å². The summed E-state index contributed by atoms with van der Waals surface area (Å²) in [5.41, 5.74) is -0.696. The minimum atomic E-state index is -2.06. The summed E-state index contributed by atoms with van der Waals surface area (Å²) >= 11 is 0. The van der Waals surface area contributed by atoms with Gasteiger partial charge in [-0.05, 0) is 56.2 Å². The Balaban J connectivity index is 3.49. The van der Waals surface area contributed by atoms with Crippen molar-refractivity contribution in [2.24, 2.45) is 17.3 Å². The van der Waals surface area contributed by atoms with Crippen LogP contribution in [-0.4, -0.2) is 35.8 Å². The molecule has 4 nitrogen and oxygen atoms in total. The Labute approximate surface area is 194 Å². The van der Waals surface area contributed by atoms with Gasteiger partial charge in [-0.2, -0.15) is 0 Å². The maximum absolute atomic E-state index is 12.6. The Hall–Kier alpha value is -0.856. The molecule has 0 unspecified atom stereocenters. The van der Waals surface area contributed by atoms with Crippen molar-refractivity contribution in [3.05, 3.63) is 24.0 Å². The van der Waals surface area contributed by atoms with Crippen LogP contribution in [0.25, 0.3) is 0 Å². The van der Waals surface area contributed by atoms with Crippen LogP contribution in [0.1, 0.15) is 62.3 Å². The van der Waals surface area contributed by atoms with Crippen LogP contribution in [0.4, 0.5) is 0 Å². The van der Waals surface area contributed by atoms with Crippen molar-refractivity contribution in [3.63, 3.8) is 0 Å². The molecule has 0 saturated heterocycles. The molecule has 6 heteroatoms. The summed E-state index contributed by atoms with van der Waals surface area (Å²) in [4.78, 5) is 12.6. The lowest BCUT2D eigenvalue weighted by Gasteiger charge is -2.42. The highest BCUT2D eigenvalue weighted by Gasteiger charge is 2.45. The zero-order valence-corrected chi connectivity index (χ0v) is 24.6. The zero-order valence-electron chi connectivity index (χ0n) is 22.6. The monoisotopic (exact) mass is 468 g/mol. The molecule has 0 radical (unpaired) electrons. The van der Waals surface area contributed by atoms with Gasteiger partial charge in [0, 0.05) is 11.8 Å². The Kier molecular flexibility index (Phi) is 8.34. The number of carbonyl (C=O) groups is 1. The lowest BCUT2D eigenvalue weighted by molar-refractivity contribution is -0.152. The summed E-state index contributed by atoms with van der Waals surface area (Å²) in [5, 5.41) is 0.193. The van der Waals surface area contributed by atoms with Crippen LogP contribution in [0.15, 0.2) is 24.0 Å². The molecule has 0 aromatic heterocycles. The second-order valence-electron chi connectivity index (χ2n) is 12.7. The molecule has 0 aromatic carbocycles. The third kappa shape index (κ3) is 6.35. The van der Waals surface area contributed by atoms with E-state index in [1.165, 1.54) is 7.11 Å². The predicted octanol–water partition coefficient (Wildman–Crippen LogP) is 7.30. The number of carbonyl (C=O) groups excluding carboxylic acids is 1. The minimum absolute atomic E-state index is 0.0675. The number of allylic oxidation sites excluding steroid dienone is 2. The molecule has 31 heavy (non-hydrogen) atoms. The minimum Gasteiger partial charge on any atom is -0.546 e. The van der Waals surface area contributed by atoms with E-state index in [1.54, 1.807) is 0 Å². The first-order valence-electron chi connectivity index (χ1n) is 11.5. The lowest BCUT2D eigenvalue weighted by Crippen LogP contribution is -2.46. The van der Waals surface area contributed by atoms with Gasteiger partial charge >= 0.3 is 5.97 Å². The second-order valence-corrected chi connectivity index (χ2v) is 22.2. The molecular weight excluding hydrogens is 420 g/mol. The van der Waals surface area contributed by atoms with Crippen LogP contribution in [0.5, 0.6) is 0 Å². The van der Waals surface area contributed by atoms with Crippen LogP contribution in [0.3, 0.4) is 0 Å². The van der Waals surface area contributed by atoms with E-state index in [9.17, 15) is 4.79 Å². The molecule has 0 fully saturated rings. The molecule has 1 rings (SSSR count). The van der Waals surface area contributed by atoms with E-state index in [2.05, 4.69) is 92.9 Å². The van der Waals surface area contributed by atoms with E-state index in [-0.39, 0.29) is 34.0 Å². The van der Waals surface area contributed by atoms with Crippen molar-refractivity contribution < 1.29 is 18.4 Å². The largest absolute Gasteiger partial charge is 0.546 e. The summed E-state index contributed by atoms with van der Waals surface area (Å²) in [5.74, 6) is 0.664. The summed E-state index contributed by atoms with van der Waals surface area (Å²) in [7, 11) is -2.60. The molecule has 180 valence electrons. The fourth-order valence-electron chi connectivity index (χ4n) is 3.02. The van der Waals surface area contributed by atoms with E-state index in [1.807, 2.05) is 13.8 Å². The molecule has 0 aliphatic heterocycles. The number of methoxy groups -OCH3 is 1. The molecule has 0 spiro atoms. The van der Waals surface area contributed by atoms with Gasteiger partial charge in [0.1, 0.15) is 0 Å². The summed E-state index contributed by atoms with van der Waals surface area (Å²) in [6.07, 6.45) is 6.33. The molecule has 0 saturated carbocycles. The third-order valence-electron chi connectivity index (χ3n) is 7.75. The summed E-state index contributed by atoms with van der Waals surface area (Å²) in [6.45, 7) is 28.7. The molecule has 0 aromatic rings. The van der Waals surface area contributed by atoms with E-state index < -0.39 is 22.0 Å².